The van der Waals surface area contributed by atoms with E-state index in [0.29, 0.717) is 12.6 Å². The number of ether oxygens (including phenoxy) is 1. The molecule has 3 heteroatoms. The molecule has 0 radical (unpaired) electrons. The molecule has 1 atom stereocenters. The lowest BCUT2D eigenvalue weighted by Crippen LogP contribution is -2.55. The van der Waals surface area contributed by atoms with Crippen LogP contribution in [-0.4, -0.2) is 43.3 Å². The number of nitrogens with zero attached hydrogens (tertiary/aromatic N) is 1. The SMILES string of the molecule is COCCN(C(C)C)C(C)(CN)CCc1ccccc1. The van der Waals surface area contributed by atoms with Crippen LogP contribution in [0.1, 0.15) is 32.8 Å². The van der Waals surface area contributed by atoms with Crippen molar-refractivity contribution in [1.82, 2.24) is 4.90 Å². The van der Waals surface area contributed by atoms with Gasteiger partial charge in [-0.25, -0.2) is 0 Å². The molecule has 0 heterocycles. The van der Waals surface area contributed by atoms with Gasteiger partial charge in [-0.1, -0.05) is 30.3 Å². The lowest BCUT2D eigenvalue weighted by atomic mass is 9.90. The van der Waals surface area contributed by atoms with Crippen LogP contribution in [0.2, 0.25) is 0 Å². The highest BCUT2D eigenvalue weighted by Gasteiger charge is 2.31. The maximum absolute atomic E-state index is 6.10. The van der Waals surface area contributed by atoms with Crippen LogP contribution in [0.15, 0.2) is 30.3 Å². The molecule has 0 aliphatic rings. The molecule has 1 aromatic carbocycles. The van der Waals surface area contributed by atoms with Crippen LogP contribution in [0, 0.1) is 0 Å². The maximum Gasteiger partial charge on any atom is 0.0590 e. The Morgan fingerprint density at radius 1 is 1.25 bits per heavy atom. The first kappa shape index (κ1) is 17.2. The molecule has 1 aromatic rings. The molecule has 1 rings (SSSR count). The third-order valence-corrected chi connectivity index (χ3v) is 4.09. The predicted octanol–water partition coefficient (Wildman–Crippen LogP) is 2.69. The van der Waals surface area contributed by atoms with Crippen molar-refractivity contribution >= 4 is 0 Å². The number of methoxy groups -OCH3 is 1. The molecular formula is C17H30N2O. The van der Waals surface area contributed by atoms with E-state index >= 15 is 0 Å². The molecule has 0 bridgehead atoms. The van der Waals surface area contributed by atoms with E-state index in [9.17, 15) is 0 Å². The summed E-state index contributed by atoms with van der Waals surface area (Å²) in [7, 11) is 1.75. The number of hydrogen-bond donors (Lipinski definition) is 1. The van der Waals surface area contributed by atoms with E-state index in [2.05, 4.69) is 56.0 Å². The molecule has 0 saturated heterocycles. The van der Waals surface area contributed by atoms with E-state index in [4.69, 9.17) is 10.5 Å². The summed E-state index contributed by atoms with van der Waals surface area (Å²) in [4.78, 5) is 2.47. The number of rotatable bonds is 9. The third-order valence-electron chi connectivity index (χ3n) is 4.09. The van der Waals surface area contributed by atoms with Crippen molar-refractivity contribution in [2.24, 2.45) is 5.73 Å². The first-order valence-electron chi connectivity index (χ1n) is 7.53. The van der Waals surface area contributed by atoms with E-state index < -0.39 is 0 Å². The molecule has 0 aliphatic heterocycles. The Bertz CT molecular complexity index is 367. The van der Waals surface area contributed by atoms with Gasteiger partial charge >= 0.3 is 0 Å². The highest BCUT2D eigenvalue weighted by atomic mass is 16.5. The van der Waals surface area contributed by atoms with Crippen molar-refractivity contribution in [2.75, 3.05) is 26.8 Å². The molecule has 3 nitrogen and oxygen atoms in total. The Morgan fingerprint density at radius 3 is 2.40 bits per heavy atom. The van der Waals surface area contributed by atoms with Crippen LogP contribution in [0.4, 0.5) is 0 Å². The zero-order chi connectivity index (χ0) is 15.0. The Kier molecular flexibility index (Phi) is 7.20. The van der Waals surface area contributed by atoms with E-state index in [1.165, 1.54) is 5.56 Å². The average molecular weight is 278 g/mol. The molecule has 2 N–H and O–H groups in total. The van der Waals surface area contributed by atoms with E-state index in [1.54, 1.807) is 7.11 Å². The van der Waals surface area contributed by atoms with Crippen molar-refractivity contribution in [3.63, 3.8) is 0 Å². The molecular weight excluding hydrogens is 248 g/mol. The fourth-order valence-corrected chi connectivity index (χ4v) is 2.76. The Labute approximate surface area is 124 Å². The highest BCUT2D eigenvalue weighted by molar-refractivity contribution is 5.15. The van der Waals surface area contributed by atoms with Gasteiger partial charge in [0.25, 0.3) is 0 Å². The van der Waals surface area contributed by atoms with Crippen LogP contribution in [0.5, 0.6) is 0 Å². The average Bonchev–Trinajstić information content (AvgIpc) is 2.46. The van der Waals surface area contributed by atoms with Crippen molar-refractivity contribution in [3.8, 4) is 0 Å². The van der Waals surface area contributed by atoms with E-state index in [-0.39, 0.29) is 5.54 Å². The second-order valence-corrected chi connectivity index (χ2v) is 5.97. The third kappa shape index (κ3) is 4.89. The summed E-state index contributed by atoms with van der Waals surface area (Å²) in [5.41, 5.74) is 7.49. The summed E-state index contributed by atoms with van der Waals surface area (Å²) in [6.07, 6.45) is 2.13. The van der Waals surface area contributed by atoms with Gasteiger partial charge in [0.2, 0.25) is 0 Å². The van der Waals surface area contributed by atoms with Crippen LogP contribution < -0.4 is 5.73 Å². The summed E-state index contributed by atoms with van der Waals surface area (Å²) in [6.45, 7) is 9.07. The Morgan fingerprint density at radius 2 is 1.90 bits per heavy atom. The minimum atomic E-state index is 0.0164. The maximum atomic E-state index is 6.10. The van der Waals surface area contributed by atoms with Gasteiger partial charge in [-0.2, -0.15) is 0 Å². The summed E-state index contributed by atoms with van der Waals surface area (Å²) in [5.74, 6) is 0. The smallest absolute Gasteiger partial charge is 0.0590 e. The minimum Gasteiger partial charge on any atom is -0.383 e. The molecule has 0 saturated carbocycles. The number of hydrogen-bond acceptors (Lipinski definition) is 3. The lowest BCUT2D eigenvalue weighted by Gasteiger charge is -2.43. The van der Waals surface area contributed by atoms with Gasteiger partial charge in [-0.05, 0) is 39.2 Å². The second kappa shape index (κ2) is 8.40. The Balaban J connectivity index is 2.72. The molecule has 0 aromatic heterocycles. The van der Waals surface area contributed by atoms with Gasteiger partial charge in [-0.3, -0.25) is 4.90 Å². The topological polar surface area (TPSA) is 38.5 Å². The van der Waals surface area contributed by atoms with Crippen molar-refractivity contribution < 1.29 is 4.74 Å². The fourth-order valence-electron chi connectivity index (χ4n) is 2.76. The van der Waals surface area contributed by atoms with Crippen LogP contribution in [0.3, 0.4) is 0 Å². The summed E-state index contributed by atoms with van der Waals surface area (Å²) >= 11 is 0. The van der Waals surface area contributed by atoms with Crippen molar-refractivity contribution in [2.45, 2.75) is 45.2 Å². The summed E-state index contributed by atoms with van der Waals surface area (Å²) in [5, 5.41) is 0. The van der Waals surface area contributed by atoms with Crippen LogP contribution in [-0.2, 0) is 11.2 Å². The molecule has 0 aliphatic carbocycles. The quantitative estimate of drug-likeness (QED) is 0.755. The minimum absolute atomic E-state index is 0.0164. The van der Waals surface area contributed by atoms with Gasteiger partial charge < -0.3 is 10.5 Å². The molecule has 0 spiro atoms. The Hall–Kier alpha value is -0.900. The summed E-state index contributed by atoms with van der Waals surface area (Å²) < 4.78 is 5.24. The summed E-state index contributed by atoms with van der Waals surface area (Å²) in [6, 6.07) is 11.1. The van der Waals surface area contributed by atoms with Crippen LogP contribution in [0.25, 0.3) is 0 Å². The number of nitrogens with two attached hydrogens (primary N) is 1. The molecule has 20 heavy (non-hydrogen) atoms. The van der Waals surface area contributed by atoms with Gasteiger partial charge in [0.05, 0.1) is 6.61 Å². The van der Waals surface area contributed by atoms with Crippen molar-refractivity contribution in [1.29, 1.82) is 0 Å². The first-order chi connectivity index (χ1) is 9.53. The van der Waals surface area contributed by atoms with Gasteiger partial charge in [0, 0.05) is 31.8 Å². The molecule has 0 amide bonds. The standard InChI is InChI=1S/C17H30N2O/c1-15(2)19(12-13-20-4)17(3,14-18)11-10-16-8-6-5-7-9-16/h5-9,15H,10-14,18H2,1-4H3. The first-order valence-corrected chi connectivity index (χ1v) is 7.53. The van der Waals surface area contributed by atoms with Gasteiger partial charge in [-0.15, -0.1) is 0 Å². The molecule has 1 unspecified atom stereocenters. The highest BCUT2D eigenvalue weighted by Crippen LogP contribution is 2.23. The lowest BCUT2D eigenvalue weighted by molar-refractivity contribution is 0.0398. The van der Waals surface area contributed by atoms with E-state index in [0.717, 1.165) is 26.0 Å². The van der Waals surface area contributed by atoms with Gasteiger partial charge in [0.15, 0.2) is 0 Å². The second-order valence-electron chi connectivity index (χ2n) is 5.97. The monoisotopic (exact) mass is 278 g/mol. The predicted molar refractivity (Wildman–Crippen MR) is 85.9 cm³/mol. The number of aryl methyl sites for hydroxylation is 1. The zero-order valence-corrected chi connectivity index (χ0v) is 13.4. The van der Waals surface area contributed by atoms with Crippen molar-refractivity contribution in [3.05, 3.63) is 35.9 Å². The zero-order valence-electron chi connectivity index (χ0n) is 13.4. The molecule has 114 valence electrons. The largest absolute Gasteiger partial charge is 0.383 e. The number of benzene rings is 1. The van der Waals surface area contributed by atoms with Gasteiger partial charge in [0.1, 0.15) is 0 Å². The fraction of sp³-hybridized carbons (Fsp3) is 0.647. The van der Waals surface area contributed by atoms with E-state index in [1.807, 2.05) is 0 Å². The van der Waals surface area contributed by atoms with Crippen LogP contribution >= 0.6 is 0 Å². The molecule has 0 fully saturated rings. The normalized spacial score (nSPS) is 14.8.